The molecule has 2 rings (SSSR count). The standard InChI is InChI=1S/C12H8I2N/c13-9-1-5-11(6-2-9)15-12-7-3-10(14)4-8-12/h1-8H. The third-order valence-corrected chi connectivity index (χ3v) is 3.35. The normalized spacial score (nSPS) is 10.0. The largest absolute Gasteiger partial charge is 0.249 e. The summed E-state index contributed by atoms with van der Waals surface area (Å²) < 4.78 is 2.46. The Morgan fingerprint density at radius 1 is 0.600 bits per heavy atom. The third-order valence-electron chi connectivity index (χ3n) is 1.91. The highest BCUT2D eigenvalue weighted by Gasteiger charge is 1.96. The number of rotatable bonds is 2. The lowest BCUT2D eigenvalue weighted by Crippen LogP contribution is -1.88. The monoisotopic (exact) mass is 420 g/mol. The van der Waals surface area contributed by atoms with Gasteiger partial charge >= 0.3 is 0 Å². The van der Waals surface area contributed by atoms with Crippen LogP contribution in [-0.4, -0.2) is 0 Å². The number of nitrogens with zero attached hydrogens (tertiary/aromatic N) is 1. The molecule has 15 heavy (non-hydrogen) atoms. The zero-order chi connectivity index (χ0) is 10.7. The van der Waals surface area contributed by atoms with Crippen LogP contribution in [0.1, 0.15) is 0 Å². The van der Waals surface area contributed by atoms with Crippen molar-refractivity contribution in [1.29, 1.82) is 0 Å². The van der Waals surface area contributed by atoms with E-state index in [1.807, 2.05) is 24.3 Å². The molecular formula is C12H8I2N. The van der Waals surface area contributed by atoms with E-state index < -0.39 is 0 Å². The van der Waals surface area contributed by atoms with E-state index in [1.54, 1.807) is 0 Å². The van der Waals surface area contributed by atoms with Crippen LogP contribution in [0.3, 0.4) is 0 Å². The quantitative estimate of drug-likeness (QED) is 0.638. The Balaban J connectivity index is 2.15. The lowest BCUT2D eigenvalue weighted by Gasteiger charge is -2.02. The van der Waals surface area contributed by atoms with Gasteiger partial charge in [-0.25, -0.2) is 5.32 Å². The molecule has 2 aromatic rings. The molecule has 0 saturated carbocycles. The summed E-state index contributed by atoms with van der Waals surface area (Å²) in [4.78, 5) is 0. The van der Waals surface area contributed by atoms with Gasteiger partial charge < -0.3 is 0 Å². The Morgan fingerprint density at radius 3 is 1.27 bits per heavy atom. The Morgan fingerprint density at radius 2 is 0.933 bits per heavy atom. The summed E-state index contributed by atoms with van der Waals surface area (Å²) in [5.41, 5.74) is 1.99. The van der Waals surface area contributed by atoms with Gasteiger partial charge in [-0.05, 0) is 93.7 Å². The summed E-state index contributed by atoms with van der Waals surface area (Å²) in [6.07, 6.45) is 0. The van der Waals surface area contributed by atoms with Gasteiger partial charge in [0.1, 0.15) is 0 Å². The van der Waals surface area contributed by atoms with Gasteiger partial charge in [0, 0.05) is 7.14 Å². The minimum atomic E-state index is 0.997. The van der Waals surface area contributed by atoms with Crippen LogP contribution in [0, 0.1) is 7.14 Å². The zero-order valence-corrected chi connectivity index (χ0v) is 12.1. The van der Waals surface area contributed by atoms with Gasteiger partial charge in [-0.2, -0.15) is 0 Å². The molecule has 2 aromatic carbocycles. The minimum absolute atomic E-state index is 0.997. The van der Waals surface area contributed by atoms with E-state index in [1.165, 1.54) is 7.14 Å². The second-order valence-corrected chi connectivity index (χ2v) is 5.56. The van der Waals surface area contributed by atoms with Crippen LogP contribution in [-0.2, 0) is 0 Å². The summed E-state index contributed by atoms with van der Waals surface area (Å²) in [5.74, 6) is 0. The molecule has 0 N–H and O–H groups in total. The minimum Gasteiger partial charge on any atom is -0.249 e. The van der Waals surface area contributed by atoms with Gasteiger partial charge in [-0.1, -0.05) is 0 Å². The zero-order valence-electron chi connectivity index (χ0n) is 7.82. The highest BCUT2D eigenvalue weighted by Crippen LogP contribution is 2.19. The first kappa shape index (κ1) is 11.2. The van der Waals surface area contributed by atoms with Crippen LogP contribution in [0.15, 0.2) is 48.5 Å². The Bertz CT molecular complexity index is 391. The first-order chi connectivity index (χ1) is 7.24. The molecule has 0 aliphatic rings. The van der Waals surface area contributed by atoms with Gasteiger partial charge in [0.05, 0.1) is 11.4 Å². The van der Waals surface area contributed by atoms with Gasteiger partial charge in [-0.3, -0.25) is 0 Å². The fraction of sp³-hybridized carbons (Fsp3) is 0. The molecule has 0 amide bonds. The molecule has 0 aromatic heterocycles. The predicted molar refractivity (Wildman–Crippen MR) is 79.8 cm³/mol. The number of halogens is 2. The molecule has 0 heterocycles. The van der Waals surface area contributed by atoms with Crippen LogP contribution in [0.4, 0.5) is 11.4 Å². The average Bonchev–Trinajstić information content (AvgIpc) is 2.25. The molecular weight excluding hydrogens is 412 g/mol. The highest BCUT2D eigenvalue weighted by atomic mass is 127. The first-order valence-corrected chi connectivity index (χ1v) is 6.63. The molecule has 0 saturated heterocycles. The summed E-state index contributed by atoms with van der Waals surface area (Å²) in [7, 11) is 0. The molecule has 75 valence electrons. The number of hydrogen-bond acceptors (Lipinski definition) is 0. The van der Waals surface area contributed by atoms with Crippen molar-refractivity contribution in [1.82, 2.24) is 5.32 Å². The van der Waals surface area contributed by atoms with Gasteiger partial charge in [0.15, 0.2) is 0 Å². The first-order valence-electron chi connectivity index (χ1n) is 4.47. The SMILES string of the molecule is Ic1ccc([N]c2ccc(I)cc2)cc1. The molecule has 1 nitrogen and oxygen atoms in total. The summed E-state index contributed by atoms with van der Waals surface area (Å²) in [6.45, 7) is 0. The fourth-order valence-electron chi connectivity index (χ4n) is 1.18. The van der Waals surface area contributed by atoms with Crippen LogP contribution in [0.2, 0.25) is 0 Å². The van der Waals surface area contributed by atoms with E-state index in [4.69, 9.17) is 0 Å². The number of benzene rings is 2. The summed E-state index contributed by atoms with van der Waals surface area (Å²) in [6, 6.07) is 16.4. The van der Waals surface area contributed by atoms with Crippen molar-refractivity contribution in [2.75, 3.05) is 0 Å². The van der Waals surface area contributed by atoms with Crippen molar-refractivity contribution in [3.05, 3.63) is 55.7 Å². The number of hydrogen-bond donors (Lipinski definition) is 0. The Kier molecular flexibility index (Phi) is 3.85. The molecule has 0 unspecified atom stereocenters. The molecule has 3 heteroatoms. The predicted octanol–water partition coefficient (Wildman–Crippen LogP) is 4.46. The van der Waals surface area contributed by atoms with E-state index in [0.29, 0.717) is 0 Å². The van der Waals surface area contributed by atoms with Gasteiger partial charge in [-0.15, -0.1) is 0 Å². The molecule has 1 radical (unpaired) electrons. The van der Waals surface area contributed by atoms with Crippen molar-refractivity contribution in [3.63, 3.8) is 0 Å². The van der Waals surface area contributed by atoms with Crippen molar-refractivity contribution >= 4 is 56.6 Å². The lowest BCUT2D eigenvalue weighted by molar-refractivity contribution is 1.18. The van der Waals surface area contributed by atoms with Crippen LogP contribution < -0.4 is 5.32 Å². The molecule has 0 fully saturated rings. The highest BCUT2D eigenvalue weighted by molar-refractivity contribution is 14.1. The molecule has 0 aliphatic heterocycles. The van der Waals surface area contributed by atoms with Crippen molar-refractivity contribution in [2.45, 2.75) is 0 Å². The van der Waals surface area contributed by atoms with Crippen LogP contribution in [0.5, 0.6) is 0 Å². The maximum atomic E-state index is 4.52. The second kappa shape index (κ2) is 5.16. The van der Waals surface area contributed by atoms with Crippen molar-refractivity contribution in [2.24, 2.45) is 0 Å². The average molecular weight is 420 g/mol. The summed E-state index contributed by atoms with van der Waals surface area (Å²) >= 11 is 4.58. The topological polar surface area (TPSA) is 14.1 Å². The fourth-order valence-corrected chi connectivity index (χ4v) is 1.90. The molecule has 0 aliphatic carbocycles. The maximum Gasteiger partial charge on any atom is 0.0637 e. The summed E-state index contributed by atoms with van der Waals surface area (Å²) in [5, 5.41) is 4.52. The second-order valence-electron chi connectivity index (χ2n) is 3.06. The van der Waals surface area contributed by atoms with E-state index >= 15 is 0 Å². The molecule has 0 atom stereocenters. The third kappa shape index (κ3) is 3.34. The van der Waals surface area contributed by atoms with Crippen LogP contribution in [0.25, 0.3) is 0 Å². The van der Waals surface area contributed by atoms with E-state index in [2.05, 4.69) is 74.8 Å². The van der Waals surface area contributed by atoms with Crippen molar-refractivity contribution in [3.8, 4) is 0 Å². The Hall–Kier alpha value is -0.300. The molecule has 0 bridgehead atoms. The van der Waals surface area contributed by atoms with Crippen LogP contribution >= 0.6 is 45.2 Å². The van der Waals surface area contributed by atoms with E-state index in [0.717, 1.165) is 11.4 Å². The molecule has 0 spiro atoms. The van der Waals surface area contributed by atoms with E-state index in [-0.39, 0.29) is 0 Å². The van der Waals surface area contributed by atoms with E-state index in [9.17, 15) is 0 Å². The maximum absolute atomic E-state index is 4.52. The lowest BCUT2D eigenvalue weighted by atomic mass is 10.3. The van der Waals surface area contributed by atoms with Crippen molar-refractivity contribution < 1.29 is 0 Å². The smallest absolute Gasteiger partial charge is 0.0637 e. The Labute approximate surface area is 117 Å². The van der Waals surface area contributed by atoms with Gasteiger partial charge in [0.2, 0.25) is 0 Å². The van der Waals surface area contributed by atoms with Gasteiger partial charge in [0.25, 0.3) is 0 Å².